The van der Waals surface area contributed by atoms with E-state index in [2.05, 4.69) is 37.5 Å². The number of nitrogens with zero attached hydrogens (tertiary/aromatic N) is 3. The summed E-state index contributed by atoms with van der Waals surface area (Å²) < 4.78 is 30.2. The first-order valence-corrected chi connectivity index (χ1v) is 15.3. The number of aliphatic hydroxyl groups is 2. The molecule has 226 valence electrons. The molecule has 0 amide bonds. The minimum Gasteiger partial charge on any atom is -0.493 e. The SMILES string of the molecule is CCc1nn(C)c2c1-c1c(C)ccc3c(C(C)CCOc4cccc5cc(F)ccc45)c(C(O)O)n(c13)CCCCOC2. The molecular weight excluding hydrogens is 545 g/mol. The summed E-state index contributed by atoms with van der Waals surface area (Å²) in [4.78, 5) is 0. The van der Waals surface area contributed by atoms with Crippen LogP contribution in [0.5, 0.6) is 5.75 Å². The van der Waals surface area contributed by atoms with Crippen molar-refractivity contribution in [1.29, 1.82) is 0 Å². The van der Waals surface area contributed by atoms with E-state index < -0.39 is 6.29 Å². The molecular formula is C35H40FN3O4. The first-order valence-electron chi connectivity index (χ1n) is 15.3. The van der Waals surface area contributed by atoms with Gasteiger partial charge in [-0.3, -0.25) is 4.68 Å². The van der Waals surface area contributed by atoms with Gasteiger partial charge in [-0.2, -0.15) is 5.10 Å². The van der Waals surface area contributed by atoms with Crippen LogP contribution in [0.4, 0.5) is 4.39 Å². The van der Waals surface area contributed by atoms with Gasteiger partial charge in [0.15, 0.2) is 6.29 Å². The predicted molar refractivity (Wildman–Crippen MR) is 167 cm³/mol. The van der Waals surface area contributed by atoms with E-state index in [0.29, 0.717) is 44.2 Å². The Morgan fingerprint density at radius 3 is 2.67 bits per heavy atom. The molecule has 5 aromatic rings. The Morgan fingerprint density at radius 2 is 1.88 bits per heavy atom. The lowest BCUT2D eigenvalue weighted by atomic mass is 9.90. The normalized spacial score (nSPS) is 14.7. The van der Waals surface area contributed by atoms with Gasteiger partial charge in [0.05, 0.1) is 35.8 Å². The Balaban J connectivity index is 1.45. The molecule has 3 heterocycles. The average molecular weight is 586 g/mol. The highest BCUT2D eigenvalue weighted by molar-refractivity contribution is 6.00. The maximum Gasteiger partial charge on any atom is 0.194 e. The monoisotopic (exact) mass is 585 g/mol. The number of benzene rings is 3. The van der Waals surface area contributed by atoms with Gasteiger partial charge in [0.1, 0.15) is 11.6 Å². The summed E-state index contributed by atoms with van der Waals surface area (Å²) in [6, 6.07) is 14.6. The van der Waals surface area contributed by atoms with Crippen molar-refractivity contribution in [3.63, 3.8) is 0 Å². The first-order chi connectivity index (χ1) is 20.8. The van der Waals surface area contributed by atoms with Crippen LogP contribution in [0, 0.1) is 12.7 Å². The van der Waals surface area contributed by atoms with Crippen molar-refractivity contribution in [2.45, 2.75) is 71.8 Å². The maximum atomic E-state index is 13.8. The van der Waals surface area contributed by atoms with Gasteiger partial charge in [-0.05, 0) is 79.3 Å². The van der Waals surface area contributed by atoms with Crippen LogP contribution in [-0.2, 0) is 31.4 Å². The fourth-order valence-electron chi connectivity index (χ4n) is 6.74. The quantitative estimate of drug-likeness (QED) is 0.200. The maximum absolute atomic E-state index is 13.8. The summed E-state index contributed by atoms with van der Waals surface area (Å²) in [5.74, 6) is 0.404. The molecule has 2 aromatic heterocycles. The molecule has 1 aliphatic rings. The number of aliphatic hydroxyl groups excluding tert-OH is 1. The number of aryl methyl sites for hydroxylation is 4. The third-order valence-electron chi connectivity index (χ3n) is 8.84. The number of hydrogen-bond acceptors (Lipinski definition) is 5. The van der Waals surface area contributed by atoms with Crippen molar-refractivity contribution in [2.24, 2.45) is 7.05 Å². The van der Waals surface area contributed by atoms with Gasteiger partial charge in [0.25, 0.3) is 0 Å². The fourth-order valence-corrected chi connectivity index (χ4v) is 6.74. The molecule has 1 atom stereocenters. The number of aromatic nitrogens is 3. The van der Waals surface area contributed by atoms with Gasteiger partial charge < -0.3 is 24.3 Å². The summed E-state index contributed by atoms with van der Waals surface area (Å²) in [6.07, 6.45) is 1.52. The van der Waals surface area contributed by atoms with Crippen LogP contribution < -0.4 is 4.74 Å². The van der Waals surface area contributed by atoms with E-state index in [4.69, 9.17) is 14.6 Å². The summed E-state index contributed by atoms with van der Waals surface area (Å²) in [6.45, 7) is 8.54. The minimum absolute atomic E-state index is 0.0289. The van der Waals surface area contributed by atoms with E-state index in [1.165, 1.54) is 12.1 Å². The Bertz CT molecular complexity index is 1790. The lowest BCUT2D eigenvalue weighted by Crippen LogP contribution is -2.12. The van der Waals surface area contributed by atoms with Crippen LogP contribution in [0.2, 0.25) is 0 Å². The highest BCUT2D eigenvalue weighted by Crippen LogP contribution is 2.44. The lowest BCUT2D eigenvalue weighted by Gasteiger charge is -2.18. The van der Waals surface area contributed by atoms with Gasteiger partial charge in [-0.25, -0.2) is 4.39 Å². The van der Waals surface area contributed by atoms with Crippen LogP contribution in [0.25, 0.3) is 32.8 Å². The number of hydrogen-bond donors (Lipinski definition) is 2. The largest absolute Gasteiger partial charge is 0.493 e. The second kappa shape index (κ2) is 12.1. The molecule has 3 aromatic carbocycles. The molecule has 6 rings (SSSR count). The van der Waals surface area contributed by atoms with Gasteiger partial charge in [-0.15, -0.1) is 0 Å². The standard InChI is InChI=1S/C35H40FN3O4/c1-5-27-32-28(38(4)37-27)20-42-17-7-6-16-39-33-26(13-11-21(2)31(32)33)30(34(39)35(40)41)22(3)15-18-43-29-10-8-9-23-19-24(36)12-14-25(23)29/h8-14,19,22,35,40-41H,5-7,15-18,20H2,1-4H3. The molecule has 2 N–H and O–H groups in total. The highest BCUT2D eigenvalue weighted by Gasteiger charge is 2.30. The molecule has 8 heteroatoms. The molecule has 1 unspecified atom stereocenters. The molecule has 0 saturated heterocycles. The van der Waals surface area contributed by atoms with Crippen molar-refractivity contribution in [1.82, 2.24) is 14.3 Å². The van der Waals surface area contributed by atoms with Crippen molar-refractivity contribution in [3.05, 3.63) is 82.6 Å². The number of ether oxygens (including phenoxy) is 2. The molecule has 0 radical (unpaired) electrons. The van der Waals surface area contributed by atoms with Crippen LogP contribution in [0.3, 0.4) is 0 Å². The van der Waals surface area contributed by atoms with Crippen molar-refractivity contribution in [3.8, 4) is 16.9 Å². The number of fused-ring (bicyclic) bond motifs is 3. The smallest absolute Gasteiger partial charge is 0.194 e. The zero-order valence-electron chi connectivity index (χ0n) is 25.4. The summed E-state index contributed by atoms with van der Waals surface area (Å²) in [5, 5.41) is 29.3. The molecule has 0 fully saturated rings. The summed E-state index contributed by atoms with van der Waals surface area (Å²) in [5.41, 5.74) is 7.82. The second-order valence-corrected chi connectivity index (χ2v) is 11.6. The van der Waals surface area contributed by atoms with Crippen LogP contribution in [-0.4, -0.2) is 37.8 Å². The molecule has 7 nitrogen and oxygen atoms in total. The van der Waals surface area contributed by atoms with Gasteiger partial charge in [0.2, 0.25) is 0 Å². The second-order valence-electron chi connectivity index (χ2n) is 11.6. The van der Waals surface area contributed by atoms with E-state index in [1.807, 2.05) is 29.9 Å². The van der Waals surface area contributed by atoms with E-state index in [9.17, 15) is 14.6 Å². The fraction of sp³-hybridized carbons (Fsp3) is 0.400. The third-order valence-corrected chi connectivity index (χ3v) is 8.84. The Kier molecular flexibility index (Phi) is 8.27. The first kappa shape index (κ1) is 29.4. The lowest BCUT2D eigenvalue weighted by molar-refractivity contribution is -0.0490. The van der Waals surface area contributed by atoms with E-state index in [1.54, 1.807) is 6.07 Å². The molecule has 1 aliphatic heterocycles. The van der Waals surface area contributed by atoms with Crippen LogP contribution >= 0.6 is 0 Å². The van der Waals surface area contributed by atoms with E-state index >= 15 is 0 Å². The van der Waals surface area contributed by atoms with Gasteiger partial charge >= 0.3 is 0 Å². The van der Waals surface area contributed by atoms with Crippen molar-refractivity contribution >= 4 is 21.7 Å². The third kappa shape index (κ3) is 5.32. The summed E-state index contributed by atoms with van der Waals surface area (Å²) in [7, 11) is 1.97. The molecule has 0 bridgehead atoms. The van der Waals surface area contributed by atoms with Crippen LogP contribution in [0.15, 0.2) is 48.5 Å². The van der Waals surface area contributed by atoms with Gasteiger partial charge in [0, 0.05) is 42.1 Å². The average Bonchev–Trinajstić information content (AvgIpc) is 3.47. The van der Waals surface area contributed by atoms with Crippen molar-refractivity contribution < 1.29 is 24.1 Å². The zero-order chi connectivity index (χ0) is 30.2. The topological polar surface area (TPSA) is 81.7 Å². The van der Waals surface area contributed by atoms with Crippen LogP contribution in [0.1, 0.15) is 73.5 Å². The summed E-state index contributed by atoms with van der Waals surface area (Å²) >= 11 is 0. The molecule has 0 aliphatic carbocycles. The predicted octanol–water partition coefficient (Wildman–Crippen LogP) is 7.07. The Hall–Kier alpha value is -3.72. The van der Waals surface area contributed by atoms with E-state index in [-0.39, 0.29) is 11.7 Å². The van der Waals surface area contributed by atoms with Gasteiger partial charge in [-0.1, -0.05) is 38.1 Å². The zero-order valence-corrected chi connectivity index (χ0v) is 25.4. The Labute approximate surface area is 251 Å². The Morgan fingerprint density at radius 1 is 1.07 bits per heavy atom. The molecule has 0 spiro atoms. The van der Waals surface area contributed by atoms with E-state index in [0.717, 1.165) is 74.6 Å². The molecule has 43 heavy (non-hydrogen) atoms. The number of rotatable bonds is 7. The van der Waals surface area contributed by atoms with Crippen molar-refractivity contribution in [2.75, 3.05) is 13.2 Å². The minimum atomic E-state index is -1.63. The highest BCUT2D eigenvalue weighted by atomic mass is 19.1. The number of halogens is 1. The molecule has 0 saturated carbocycles.